The molecule has 7 aromatic rings. The summed E-state index contributed by atoms with van der Waals surface area (Å²) in [6.45, 7) is 13.2. The summed E-state index contributed by atoms with van der Waals surface area (Å²) >= 11 is 0. The molecule has 5 aromatic carbocycles. The van der Waals surface area contributed by atoms with Crippen LogP contribution in [0.5, 0.6) is 0 Å². The van der Waals surface area contributed by atoms with Crippen molar-refractivity contribution < 1.29 is 8.83 Å². The number of hydrogen-bond acceptors (Lipinski definition) is 4. The lowest BCUT2D eigenvalue weighted by molar-refractivity contribution is 0.585. The fourth-order valence-corrected chi connectivity index (χ4v) is 6.43. The lowest BCUT2D eigenvalue weighted by Crippen LogP contribution is -1.95. The molecule has 2 heterocycles. The molecule has 0 N–H and O–H groups in total. The molecule has 0 radical (unpaired) electrons. The van der Waals surface area contributed by atoms with Crippen LogP contribution in [0.3, 0.4) is 0 Å². The van der Waals surface area contributed by atoms with Gasteiger partial charge in [-0.1, -0.05) is 113 Å². The topological polar surface area (TPSA) is 52.1 Å². The van der Waals surface area contributed by atoms with Crippen LogP contribution in [0, 0.1) is 13.8 Å². The predicted octanol–water partition coefficient (Wildman–Crippen LogP) is 12.4. The molecule has 0 amide bonds. The van der Waals surface area contributed by atoms with E-state index >= 15 is 0 Å². The zero-order valence-electron chi connectivity index (χ0n) is 29.8. The van der Waals surface area contributed by atoms with Crippen LogP contribution in [0.4, 0.5) is 0 Å². The second kappa shape index (κ2) is 14.2. The first-order chi connectivity index (χ1) is 24.2. The maximum atomic E-state index is 6.66. The molecule has 250 valence electrons. The van der Waals surface area contributed by atoms with Gasteiger partial charge in [0, 0.05) is 35.1 Å². The van der Waals surface area contributed by atoms with Crippen molar-refractivity contribution in [3.63, 3.8) is 0 Å². The SMILES string of the molecule is Cc1ccc(C(C)C)cc1-c1oc(-c2ccc(-c3nc(Cc4ccccc4)c(-c4cc(C(C)C)ccc4C)o3)cc2)nc1Cc1ccccc1. The van der Waals surface area contributed by atoms with Gasteiger partial charge in [-0.25, -0.2) is 9.97 Å². The third kappa shape index (κ3) is 6.97. The number of hydrogen-bond donors (Lipinski definition) is 0. The zero-order chi connectivity index (χ0) is 34.8. The molecule has 0 bridgehead atoms. The van der Waals surface area contributed by atoms with Crippen molar-refractivity contribution in [2.24, 2.45) is 0 Å². The monoisotopic (exact) mass is 656 g/mol. The molecule has 2 aromatic heterocycles. The van der Waals surface area contributed by atoms with Gasteiger partial charge in [-0.05, 0) is 95.5 Å². The molecular weight excluding hydrogens is 613 g/mol. The second-order valence-electron chi connectivity index (χ2n) is 13.9. The Morgan fingerprint density at radius 1 is 0.480 bits per heavy atom. The number of aromatic nitrogens is 2. The van der Waals surface area contributed by atoms with Gasteiger partial charge in [0.05, 0.1) is 11.4 Å². The maximum Gasteiger partial charge on any atom is 0.227 e. The molecule has 7 rings (SSSR count). The Hall–Kier alpha value is -5.48. The average molecular weight is 657 g/mol. The van der Waals surface area contributed by atoms with Crippen molar-refractivity contribution in [2.75, 3.05) is 0 Å². The van der Waals surface area contributed by atoms with Gasteiger partial charge in [0.15, 0.2) is 11.5 Å². The first kappa shape index (κ1) is 33.0. The van der Waals surface area contributed by atoms with Crippen molar-refractivity contribution >= 4 is 0 Å². The van der Waals surface area contributed by atoms with Gasteiger partial charge in [-0.2, -0.15) is 0 Å². The number of oxazole rings is 2. The van der Waals surface area contributed by atoms with Crippen molar-refractivity contribution in [3.8, 4) is 45.6 Å². The molecule has 0 spiro atoms. The molecule has 0 saturated carbocycles. The number of rotatable bonds is 10. The molecule has 0 aliphatic carbocycles. The molecule has 0 atom stereocenters. The molecule has 0 aliphatic heterocycles. The predicted molar refractivity (Wildman–Crippen MR) is 204 cm³/mol. The summed E-state index contributed by atoms with van der Waals surface area (Å²) < 4.78 is 13.3. The normalized spacial score (nSPS) is 11.5. The molecule has 0 saturated heterocycles. The van der Waals surface area contributed by atoms with Crippen molar-refractivity contribution in [1.29, 1.82) is 0 Å². The van der Waals surface area contributed by atoms with Crippen LogP contribution in [0.2, 0.25) is 0 Å². The van der Waals surface area contributed by atoms with Gasteiger partial charge >= 0.3 is 0 Å². The molecular formula is C46H44N2O2. The largest absolute Gasteiger partial charge is 0.436 e. The van der Waals surface area contributed by atoms with Crippen molar-refractivity contribution in [3.05, 3.63) is 166 Å². The Kier molecular flexibility index (Phi) is 9.36. The van der Waals surface area contributed by atoms with E-state index in [1.807, 2.05) is 12.1 Å². The van der Waals surface area contributed by atoms with E-state index in [0.717, 1.165) is 45.2 Å². The minimum atomic E-state index is 0.411. The van der Waals surface area contributed by atoms with Gasteiger partial charge in [0.2, 0.25) is 11.8 Å². The molecule has 4 heteroatoms. The van der Waals surface area contributed by atoms with Crippen molar-refractivity contribution in [2.45, 2.75) is 66.2 Å². The standard InChI is InChI=1S/C46H44N2O2/c1-29(2)37-19-17-31(5)39(27-37)43-41(25-33-13-9-7-10-14-33)47-45(49-43)35-21-23-36(24-22-35)46-48-42(26-34-15-11-8-12-16-34)44(50-46)40-28-38(30(3)4)20-18-32(40)6/h7-24,27-30H,25-26H2,1-6H3. The van der Waals surface area contributed by atoms with Crippen molar-refractivity contribution in [1.82, 2.24) is 9.97 Å². The summed E-state index contributed by atoms with van der Waals surface area (Å²) in [6, 6.07) is 42.5. The van der Waals surface area contributed by atoms with E-state index in [0.29, 0.717) is 36.5 Å². The van der Waals surface area contributed by atoms with Crippen LogP contribution in [-0.2, 0) is 12.8 Å². The van der Waals surface area contributed by atoms with Crippen LogP contribution >= 0.6 is 0 Å². The number of benzene rings is 5. The van der Waals surface area contributed by atoms with E-state index in [9.17, 15) is 0 Å². The Labute approximate surface area is 295 Å². The lowest BCUT2D eigenvalue weighted by Gasteiger charge is -2.11. The fraction of sp³-hybridized carbons (Fsp3) is 0.217. The number of aryl methyl sites for hydroxylation is 2. The first-order valence-electron chi connectivity index (χ1n) is 17.6. The van der Waals surface area contributed by atoms with E-state index < -0.39 is 0 Å². The fourth-order valence-electron chi connectivity index (χ4n) is 6.43. The van der Waals surface area contributed by atoms with E-state index in [1.54, 1.807) is 0 Å². The smallest absolute Gasteiger partial charge is 0.227 e. The van der Waals surface area contributed by atoms with Gasteiger partial charge in [-0.3, -0.25) is 0 Å². The Bertz CT molecular complexity index is 2060. The minimum Gasteiger partial charge on any atom is -0.436 e. The van der Waals surface area contributed by atoms with Crippen LogP contribution in [0.25, 0.3) is 45.6 Å². The van der Waals surface area contributed by atoms with Gasteiger partial charge in [-0.15, -0.1) is 0 Å². The summed E-state index contributed by atoms with van der Waals surface area (Å²) in [6.07, 6.45) is 1.37. The third-order valence-corrected chi connectivity index (χ3v) is 9.55. The van der Waals surface area contributed by atoms with Crippen LogP contribution in [-0.4, -0.2) is 9.97 Å². The summed E-state index contributed by atoms with van der Waals surface area (Å²) in [7, 11) is 0. The van der Waals surface area contributed by atoms with E-state index in [-0.39, 0.29) is 0 Å². The zero-order valence-corrected chi connectivity index (χ0v) is 29.8. The summed E-state index contributed by atoms with van der Waals surface area (Å²) in [4.78, 5) is 10.2. The highest BCUT2D eigenvalue weighted by Crippen LogP contribution is 2.37. The van der Waals surface area contributed by atoms with Crippen LogP contribution in [0.1, 0.15) is 84.3 Å². The third-order valence-electron chi connectivity index (χ3n) is 9.55. The van der Waals surface area contributed by atoms with E-state index in [1.165, 1.54) is 33.4 Å². The summed E-state index contributed by atoms with van der Waals surface area (Å²) in [5.41, 5.74) is 13.1. The Morgan fingerprint density at radius 2 is 0.860 bits per heavy atom. The summed E-state index contributed by atoms with van der Waals surface area (Å²) in [5, 5.41) is 0. The van der Waals surface area contributed by atoms with Gasteiger partial charge < -0.3 is 8.83 Å². The first-order valence-corrected chi connectivity index (χ1v) is 17.6. The van der Waals surface area contributed by atoms with E-state index in [4.69, 9.17) is 18.8 Å². The molecule has 50 heavy (non-hydrogen) atoms. The lowest BCUT2D eigenvalue weighted by atomic mass is 9.95. The molecule has 0 unspecified atom stereocenters. The minimum absolute atomic E-state index is 0.411. The van der Waals surface area contributed by atoms with Crippen LogP contribution < -0.4 is 0 Å². The molecule has 0 fully saturated rings. The van der Waals surface area contributed by atoms with Crippen LogP contribution in [0.15, 0.2) is 130 Å². The summed E-state index contributed by atoms with van der Waals surface area (Å²) in [5.74, 6) is 3.68. The highest BCUT2D eigenvalue weighted by Gasteiger charge is 2.22. The molecule has 0 aliphatic rings. The van der Waals surface area contributed by atoms with Gasteiger partial charge in [0.1, 0.15) is 0 Å². The average Bonchev–Trinajstić information content (AvgIpc) is 3.74. The highest BCUT2D eigenvalue weighted by molar-refractivity contribution is 5.71. The van der Waals surface area contributed by atoms with E-state index in [2.05, 4.69) is 151 Å². The quantitative estimate of drug-likeness (QED) is 0.147. The Balaban J connectivity index is 1.27. The van der Waals surface area contributed by atoms with Gasteiger partial charge in [0.25, 0.3) is 0 Å². The highest BCUT2D eigenvalue weighted by atomic mass is 16.4. The molecule has 4 nitrogen and oxygen atoms in total. The second-order valence-corrected chi connectivity index (χ2v) is 13.9. The number of nitrogens with zero attached hydrogens (tertiary/aromatic N) is 2. The maximum absolute atomic E-state index is 6.66. The Morgan fingerprint density at radius 3 is 1.22 bits per heavy atom.